The van der Waals surface area contributed by atoms with Crippen LogP contribution in [0.4, 0.5) is 0 Å². The molecule has 0 unspecified atom stereocenters. The molecule has 6 nitrogen and oxygen atoms in total. The average molecular weight is 566 g/mol. The molecule has 0 heterocycles. The number of methoxy groups -OCH3 is 4. The number of rotatable bonds is 8. The second kappa shape index (κ2) is 15.8. The second-order valence-corrected chi connectivity index (χ2v) is 7.96. The largest absolute Gasteiger partial charge is 2.00 e. The van der Waals surface area contributed by atoms with Gasteiger partial charge in [-0.3, -0.25) is 0 Å². The van der Waals surface area contributed by atoms with Crippen LogP contribution in [0.3, 0.4) is 0 Å². The molecule has 0 aliphatic heterocycles. The third-order valence-corrected chi connectivity index (χ3v) is 5.58. The molecule has 0 radical (unpaired) electrons. The van der Waals surface area contributed by atoms with Gasteiger partial charge in [-0.05, 0) is 47.5 Å². The van der Waals surface area contributed by atoms with Gasteiger partial charge in [0.05, 0.1) is 28.4 Å². The SMILES string of the molecule is COc1ccc(OC)c(C([O-])=CC=C2C=CC=C2)c1.COc1ccc(OC)c(C([O-])=CC=C2C=CC=C2)c1.[Fe+2]. The monoisotopic (exact) mass is 566 g/mol. The Balaban J connectivity index is 0.000000267. The first kappa shape index (κ1) is 30.9. The minimum atomic E-state index is -0.114. The Hall–Kier alpha value is -4.32. The minimum absolute atomic E-state index is 0. The van der Waals surface area contributed by atoms with Crippen molar-refractivity contribution >= 4 is 11.5 Å². The van der Waals surface area contributed by atoms with Crippen molar-refractivity contribution in [1.82, 2.24) is 0 Å². The van der Waals surface area contributed by atoms with Crippen LogP contribution < -0.4 is 29.2 Å². The molecule has 0 saturated carbocycles. The third-order valence-electron chi connectivity index (χ3n) is 5.58. The number of hydrogen-bond donors (Lipinski definition) is 0. The summed E-state index contributed by atoms with van der Waals surface area (Å²) in [5.74, 6) is 2.11. The summed E-state index contributed by atoms with van der Waals surface area (Å²) in [5.41, 5.74) is 2.97. The average Bonchev–Trinajstić information content (AvgIpc) is 3.69. The van der Waals surface area contributed by atoms with E-state index in [1.54, 1.807) is 77.0 Å². The molecule has 0 saturated heterocycles. The zero-order valence-corrected chi connectivity index (χ0v) is 23.3. The third kappa shape index (κ3) is 8.88. The fraction of sp³-hybridized carbons (Fsp3) is 0.125. The summed E-state index contributed by atoms with van der Waals surface area (Å²) in [5, 5.41) is 24.3. The molecule has 0 spiro atoms. The first-order chi connectivity index (χ1) is 18.5. The van der Waals surface area contributed by atoms with Crippen LogP contribution in [0.5, 0.6) is 23.0 Å². The summed E-state index contributed by atoms with van der Waals surface area (Å²) in [6.45, 7) is 0. The van der Waals surface area contributed by atoms with E-state index in [0.717, 1.165) is 11.1 Å². The smallest absolute Gasteiger partial charge is 0.872 e. The second-order valence-electron chi connectivity index (χ2n) is 7.96. The molecule has 7 heteroatoms. The Kier molecular flexibility index (Phi) is 12.5. The number of ether oxygens (including phenoxy) is 4. The van der Waals surface area contributed by atoms with Gasteiger partial charge in [-0.2, -0.15) is 0 Å². The van der Waals surface area contributed by atoms with Crippen LogP contribution in [-0.4, -0.2) is 28.4 Å². The van der Waals surface area contributed by atoms with Crippen molar-refractivity contribution in [2.45, 2.75) is 0 Å². The van der Waals surface area contributed by atoms with Gasteiger partial charge in [0, 0.05) is 11.1 Å². The molecule has 0 bridgehead atoms. The molecular formula is C32H30FeO6. The summed E-state index contributed by atoms with van der Waals surface area (Å²) >= 11 is 0. The van der Waals surface area contributed by atoms with Crippen molar-refractivity contribution in [3.63, 3.8) is 0 Å². The van der Waals surface area contributed by atoms with Crippen LogP contribution >= 0.6 is 0 Å². The summed E-state index contributed by atoms with van der Waals surface area (Å²) < 4.78 is 20.6. The molecule has 0 amide bonds. The maximum atomic E-state index is 12.2. The van der Waals surface area contributed by atoms with E-state index >= 15 is 0 Å². The van der Waals surface area contributed by atoms with Crippen LogP contribution in [0.15, 0.2) is 120 Å². The van der Waals surface area contributed by atoms with Gasteiger partial charge in [-0.1, -0.05) is 84.4 Å². The van der Waals surface area contributed by atoms with Crippen LogP contribution in [0, 0.1) is 0 Å². The number of benzene rings is 2. The van der Waals surface area contributed by atoms with Gasteiger partial charge in [-0.15, -0.1) is 0 Å². The van der Waals surface area contributed by atoms with E-state index < -0.39 is 0 Å². The predicted octanol–water partition coefficient (Wildman–Crippen LogP) is 4.91. The molecule has 0 fully saturated rings. The fourth-order valence-electron chi connectivity index (χ4n) is 3.54. The maximum absolute atomic E-state index is 12.2. The van der Waals surface area contributed by atoms with Gasteiger partial charge in [0.15, 0.2) is 0 Å². The van der Waals surface area contributed by atoms with E-state index in [1.807, 2.05) is 48.6 Å². The van der Waals surface area contributed by atoms with Crippen molar-refractivity contribution in [2.75, 3.05) is 28.4 Å². The van der Waals surface area contributed by atoms with Crippen molar-refractivity contribution in [3.05, 3.63) is 132 Å². The zero-order valence-electron chi connectivity index (χ0n) is 22.2. The van der Waals surface area contributed by atoms with Gasteiger partial charge in [-0.25, -0.2) is 0 Å². The summed E-state index contributed by atoms with van der Waals surface area (Å²) in [7, 11) is 6.21. The first-order valence-corrected chi connectivity index (χ1v) is 11.8. The summed E-state index contributed by atoms with van der Waals surface area (Å²) in [6, 6.07) is 10.3. The van der Waals surface area contributed by atoms with Crippen LogP contribution in [0.25, 0.3) is 11.5 Å². The van der Waals surface area contributed by atoms with E-state index in [2.05, 4.69) is 0 Å². The Bertz CT molecular complexity index is 1240. The van der Waals surface area contributed by atoms with Crippen molar-refractivity contribution in [3.8, 4) is 23.0 Å². The van der Waals surface area contributed by atoms with Crippen LogP contribution in [-0.2, 0) is 17.1 Å². The van der Waals surface area contributed by atoms with Crippen molar-refractivity contribution in [1.29, 1.82) is 0 Å². The maximum Gasteiger partial charge on any atom is 2.00 e. The molecular weight excluding hydrogens is 536 g/mol. The zero-order chi connectivity index (χ0) is 27.3. The standard InChI is InChI=1S/2C16H16O3.Fe/c2*1-18-13-8-10-16(19-2)14(11-13)15(17)9-7-12-5-3-4-6-12;/h2*3-11,17H,1-2H3;/q;;+2/p-2. The predicted molar refractivity (Wildman–Crippen MR) is 148 cm³/mol. The van der Waals surface area contributed by atoms with Gasteiger partial charge in [0.1, 0.15) is 23.0 Å². The molecule has 2 aromatic carbocycles. The van der Waals surface area contributed by atoms with Crippen molar-refractivity contribution in [2.24, 2.45) is 0 Å². The summed E-state index contributed by atoms with van der Waals surface area (Å²) in [4.78, 5) is 0. The molecule has 2 aromatic rings. The topological polar surface area (TPSA) is 83.0 Å². The normalized spacial score (nSPS) is 13.4. The first-order valence-electron chi connectivity index (χ1n) is 11.8. The van der Waals surface area contributed by atoms with Crippen molar-refractivity contribution < 1.29 is 46.2 Å². The molecule has 202 valence electrons. The Labute approximate surface area is 240 Å². The minimum Gasteiger partial charge on any atom is -0.872 e. The van der Waals surface area contributed by atoms with Gasteiger partial charge in [0.25, 0.3) is 0 Å². The molecule has 0 atom stereocenters. The van der Waals surface area contributed by atoms with Gasteiger partial charge in [0.2, 0.25) is 0 Å². The Morgan fingerprint density at radius 2 is 0.923 bits per heavy atom. The van der Waals surface area contributed by atoms with Gasteiger partial charge < -0.3 is 29.2 Å². The molecule has 2 aliphatic carbocycles. The fourth-order valence-corrected chi connectivity index (χ4v) is 3.54. The van der Waals surface area contributed by atoms with Crippen LogP contribution in [0.1, 0.15) is 11.1 Å². The number of hydrogen-bond acceptors (Lipinski definition) is 6. The van der Waals surface area contributed by atoms with Gasteiger partial charge >= 0.3 is 17.1 Å². The molecule has 0 aromatic heterocycles. The molecule has 0 N–H and O–H groups in total. The van der Waals surface area contributed by atoms with E-state index in [9.17, 15) is 10.2 Å². The Morgan fingerprint density at radius 3 is 1.23 bits per heavy atom. The number of allylic oxidation sites excluding steroid dienone is 14. The molecule has 4 rings (SSSR count). The Morgan fingerprint density at radius 1 is 0.564 bits per heavy atom. The van der Waals surface area contributed by atoms with E-state index in [4.69, 9.17) is 18.9 Å². The van der Waals surface area contributed by atoms with E-state index in [0.29, 0.717) is 34.1 Å². The summed E-state index contributed by atoms with van der Waals surface area (Å²) in [6.07, 6.45) is 22.1. The molecule has 39 heavy (non-hydrogen) atoms. The molecule has 2 aliphatic rings. The van der Waals surface area contributed by atoms with Crippen LogP contribution in [0.2, 0.25) is 0 Å². The quantitative estimate of drug-likeness (QED) is 0.334. The van der Waals surface area contributed by atoms with E-state index in [-0.39, 0.29) is 28.6 Å². The van der Waals surface area contributed by atoms with E-state index in [1.165, 1.54) is 12.2 Å².